The highest BCUT2D eigenvalue weighted by Crippen LogP contribution is 2.39. The second kappa shape index (κ2) is 50.9. The molecule has 141 heavy (non-hydrogen) atoms. The number of morpholine rings is 1. The Balaban J connectivity index is 0.000000210. The summed E-state index contributed by atoms with van der Waals surface area (Å²) >= 11 is 0. The number of hydrogen-bond donors (Lipinski definition) is 4. The van der Waals surface area contributed by atoms with Crippen LogP contribution >= 0.6 is 0 Å². The molecule has 0 saturated carbocycles. The fraction of sp³-hybridized carbons (Fsp3) is 0.409. The van der Waals surface area contributed by atoms with E-state index in [0.717, 1.165) is 154 Å². The first kappa shape index (κ1) is 112. The van der Waals surface area contributed by atoms with Crippen LogP contribution in [0.25, 0.3) is 45.0 Å². The number of sulfonamides is 4. The molecule has 3 saturated heterocycles. The van der Waals surface area contributed by atoms with Gasteiger partial charge in [-0.2, -0.15) is 0 Å². The number of rotatable bonds is 36. The fourth-order valence-electron chi connectivity index (χ4n) is 13.2. The molecule has 4 N–H and O–H groups in total. The van der Waals surface area contributed by atoms with Gasteiger partial charge in [0.25, 0.3) is 40.1 Å². The summed E-state index contributed by atoms with van der Waals surface area (Å²) in [5.74, 6) is -2.56. The number of carbonyl (C=O) groups is 5. The molecule has 3 aliphatic heterocycles. The first-order chi connectivity index (χ1) is 66.5. The van der Waals surface area contributed by atoms with E-state index in [4.69, 9.17) is 23.7 Å². The topological polar surface area (TPSA) is 439 Å². The first-order valence-electron chi connectivity index (χ1n) is 43.4. The minimum atomic E-state index is -5.01. The zero-order valence-electron chi connectivity index (χ0n) is 76.5. The third kappa shape index (κ3) is 36.6. The molecule has 9 aromatic rings. The molecule has 3 aliphatic rings. The second-order valence-electron chi connectivity index (χ2n) is 31.2. The van der Waals surface area contributed by atoms with Crippen molar-refractivity contribution >= 4 is 70.5 Å². The van der Waals surface area contributed by atoms with Crippen LogP contribution in [-0.4, -0.2) is 250 Å². The van der Waals surface area contributed by atoms with Crippen LogP contribution in [0.3, 0.4) is 0 Å². The summed E-state index contributed by atoms with van der Waals surface area (Å²) in [7, 11) is -14.3. The second-order valence-corrected chi connectivity index (χ2v) is 37.8. The quantitative estimate of drug-likeness (QED) is 0.0161. The third-order valence-corrected chi connectivity index (χ3v) is 25.7. The summed E-state index contributed by atoms with van der Waals surface area (Å²) in [5.41, 5.74) is 2.59. The predicted octanol–water partition coefficient (Wildman–Crippen LogP) is 15.1. The number of nitrogens with one attached hydrogen (secondary N) is 4. The van der Waals surface area contributed by atoms with Crippen molar-refractivity contribution in [1.82, 2.24) is 72.9 Å². The zero-order chi connectivity index (χ0) is 103. The van der Waals surface area contributed by atoms with Crippen molar-refractivity contribution in [1.29, 1.82) is 0 Å². The number of amides is 6. The minimum Gasteiger partial charge on any atom is -0.449 e. The Morgan fingerprint density at radius 3 is 0.922 bits per heavy atom. The number of nitrogens with zero attached hydrogens (tertiary/aromatic N) is 11. The van der Waals surface area contributed by atoms with Crippen LogP contribution in [-0.2, 0) is 90.0 Å². The number of imidazole rings is 1. The summed E-state index contributed by atoms with van der Waals surface area (Å²) in [5, 5.41) is 0. The van der Waals surface area contributed by atoms with Crippen molar-refractivity contribution in [2.24, 2.45) is 0 Å². The van der Waals surface area contributed by atoms with E-state index in [-0.39, 0.29) is 84.0 Å². The maximum atomic E-state index is 12.9. The largest absolute Gasteiger partial charge is 0.573 e. The lowest BCUT2D eigenvalue weighted by atomic mass is 10.1. The molecule has 0 bridgehead atoms. The summed E-state index contributed by atoms with van der Waals surface area (Å²) < 4.78 is 305. The highest BCUT2D eigenvalue weighted by atomic mass is 32.2. The number of urea groups is 1. The van der Waals surface area contributed by atoms with E-state index in [1.165, 1.54) is 42.9 Å². The molecule has 8 heterocycles. The average molecular weight is 2080 g/mol. The fourth-order valence-corrected chi connectivity index (χ4v) is 17.6. The van der Waals surface area contributed by atoms with Crippen LogP contribution in [0.5, 0.6) is 23.0 Å². The molecule has 53 heteroatoms. The normalized spacial score (nSPS) is 14.1. The lowest BCUT2D eigenvalue weighted by Crippen LogP contribution is -2.43. The Labute approximate surface area is 803 Å². The highest BCUT2D eigenvalue weighted by Gasteiger charge is 2.38. The minimum absolute atomic E-state index is 0.00139. The SMILES string of the molecule is CCCCOC(=O)NS(=O)(=O)c1ccc(OC(F)(F)F)cc1-c1ccc(CN2CCN(C)C2=O)cn1.CCCCOC(=O)NS(=O)(=O)c1ccc(OC(F)(F)F)cc1-c1ccc(CN2CCN(C)CC2)cn1.CCCCOC(=O)NS(=O)(=O)c1ccc(OC(F)(F)F)cc1-c1ccc(CN2CCOCC2)cn1.CCCCOC(=O)NS(=O)(=O)c1ccc(OC(F)(F)F)cc1-c1ccc(Cn2ccnc2)cn1. The Morgan fingerprint density at radius 1 is 0.376 bits per heavy atom. The molecule has 768 valence electrons. The van der Waals surface area contributed by atoms with E-state index in [1.54, 1.807) is 89.5 Å². The molecule has 37 nitrogen and oxygen atoms in total. The highest BCUT2D eigenvalue weighted by molar-refractivity contribution is 7.91. The van der Waals surface area contributed by atoms with Gasteiger partial charge in [0.2, 0.25) is 0 Å². The van der Waals surface area contributed by atoms with Gasteiger partial charge < -0.3 is 61.9 Å². The van der Waals surface area contributed by atoms with E-state index >= 15 is 0 Å². The molecule has 5 aromatic heterocycles. The van der Waals surface area contributed by atoms with Crippen LogP contribution < -0.4 is 37.8 Å². The van der Waals surface area contributed by atoms with E-state index in [2.05, 4.69) is 65.6 Å². The van der Waals surface area contributed by atoms with Gasteiger partial charge in [-0.25, -0.2) is 81.5 Å². The number of halogens is 12. The lowest BCUT2D eigenvalue weighted by Gasteiger charge is -2.32. The smallest absolute Gasteiger partial charge is 0.449 e. The van der Waals surface area contributed by atoms with Crippen molar-refractivity contribution in [3.05, 3.63) is 187 Å². The standard InChI is InChI=1S/C23H29F3N4O5S.C22H25F3N4O6S.C22H26F3N3O6S.C21H21F3N4O5S/c1-3-4-13-34-22(31)28-36(32,33)21-8-6-18(35-23(24,25)26)14-19(21)20-7-5-17(15-27-20)16-30-11-9-29(2)10-12-30;1-3-4-11-34-20(30)27-36(32,33)19-8-6-16(35-22(23,24)25)12-17(19)18-7-5-15(13-26-18)14-29-10-9-28(2)21(29)31;1-2-3-10-33-21(29)27-35(30,31)20-7-5-17(34-22(23,24)25)13-18(20)19-6-4-16(14-26-19)15-28-8-11-32-12-9-28;1-2-3-10-32-20(29)27-34(30,31)19-7-5-16(33-21(22,23)24)11-17(19)18-6-4-15(12-26-18)13-28-9-8-25-14-28/h5-8,14-15H,3-4,9-13,16H2,1-2H3,(H,28,31);5-8,12-13H,3-4,9-11,14H2,1-2H3,(H,27,30);4-7,13-14H,2-3,8-12,15H2,1H3,(H,27,29);4-9,11-12,14H,2-3,10,13H2,1H3,(H,27,29). The average Bonchev–Trinajstić information content (AvgIpc) is 1.79. The monoisotopic (exact) mass is 2080 g/mol. The van der Waals surface area contributed by atoms with Gasteiger partial charge in [-0.15, -0.1) is 52.7 Å². The molecule has 4 aromatic carbocycles. The number of unbranched alkanes of at least 4 members (excludes halogenated alkanes) is 4. The number of aromatic nitrogens is 6. The number of alkyl halides is 12. The molecular formula is C88H101F12N15O22S4. The molecule has 0 aliphatic carbocycles. The number of hydrogen-bond acceptors (Lipinski definition) is 30. The molecule has 0 radical (unpaired) electrons. The van der Waals surface area contributed by atoms with Crippen LogP contribution in [0.1, 0.15) is 101 Å². The Kier molecular flexibility index (Phi) is 40.3. The van der Waals surface area contributed by atoms with Crippen LogP contribution in [0.15, 0.2) is 184 Å². The van der Waals surface area contributed by atoms with Crippen molar-refractivity contribution in [3.63, 3.8) is 0 Å². The van der Waals surface area contributed by atoms with Crippen molar-refractivity contribution in [2.45, 2.75) is 150 Å². The predicted molar refractivity (Wildman–Crippen MR) is 480 cm³/mol. The van der Waals surface area contributed by atoms with Crippen LogP contribution in [0, 0.1) is 0 Å². The molecular weight excluding hydrogens is 1980 g/mol. The number of carbonyl (C=O) groups excluding carboxylic acids is 5. The Hall–Kier alpha value is -13.0. The Morgan fingerprint density at radius 2 is 0.667 bits per heavy atom. The zero-order valence-corrected chi connectivity index (χ0v) is 79.8. The third-order valence-electron chi connectivity index (χ3n) is 20.2. The van der Waals surface area contributed by atoms with Gasteiger partial charge in [0, 0.05) is 145 Å². The van der Waals surface area contributed by atoms with E-state index in [9.17, 15) is 110 Å². The van der Waals surface area contributed by atoms with Gasteiger partial charge in [0.15, 0.2) is 0 Å². The maximum absolute atomic E-state index is 12.9. The van der Waals surface area contributed by atoms with E-state index in [1.807, 2.05) is 27.7 Å². The molecule has 0 spiro atoms. The lowest BCUT2D eigenvalue weighted by molar-refractivity contribution is -0.275. The summed E-state index contributed by atoms with van der Waals surface area (Å²) in [6.07, 6.45) is -8.79. The first-order valence-corrected chi connectivity index (χ1v) is 49.3. The number of piperazine rings is 1. The molecule has 0 atom stereocenters. The van der Waals surface area contributed by atoms with Gasteiger partial charge in [-0.1, -0.05) is 77.6 Å². The van der Waals surface area contributed by atoms with Crippen LogP contribution in [0.4, 0.5) is 76.7 Å². The van der Waals surface area contributed by atoms with Gasteiger partial charge >= 0.3 is 55.9 Å². The molecule has 0 unspecified atom stereocenters. The summed E-state index contributed by atoms with van der Waals surface area (Å²) in [6.45, 7) is 16.9. The van der Waals surface area contributed by atoms with Gasteiger partial charge in [0.05, 0.1) is 88.3 Å². The number of pyridine rings is 4. The van der Waals surface area contributed by atoms with E-state index < -0.39 is 132 Å². The van der Waals surface area contributed by atoms with Gasteiger partial charge in [0.1, 0.15) is 23.0 Å². The molecule has 3 fully saturated rings. The van der Waals surface area contributed by atoms with Crippen LogP contribution in [0.2, 0.25) is 0 Å². The maximum Gasteiger partial charge on any atom is 0.573 e. The van der Waals surface area contributed by atoms with E-state index in [0.29, 0.717) is 77.2 Å². The molecule has 6 amide bonds. The summed E-state index contributed by atoms with van der Waals surface area (Å²) in [4.78, 5) is 88.6. The van der Waals surface area contributed by atoms with Crippen molar-refractivity contribution in [3.8, 4) is 68.0 Å². The van der Waals surface area contributed by atoms with Gasteiger partial charge in [-0.05, 0) is 152 Å². The number of benzene rings is 4. The number of ether oxygens (including phenoxy) is 9. The van der Waals surface area contributed by atoms with Crippen molar-refractivity contribution in [2.75, 3.05) is 106 Å². The van der Waals surface area contributed by atoms with Gasteiger partial charge in [-0.3, -0.25) is 29.7 Å². The summed E-state index contributed by atoms with van der Waals surface area (Å²) in [6, 6.07) is 23.0. The number of likely N-dealkylation sites (N-methyl/N-ethyl adjacent to an activating group) is 2. The molecule has 12 rings (SSSR count). The Bertz CT molecular complexity index is 6140. The van der Waals surface area contributed by atoms with Crippen molar-refractivity contribution < 1.29 is 153 Å².